The van der Waals surface area contributed by atoms with Gasteiger partial charge in [0.05, 0.1) is 18.0 Å². The van der Waals surface area contributed by atoms with Gasteiger partial charge in [-0.2, -0.15) is 0 Å². The second kappa shape index (κ2) is 5.90. The predicted molar refractivity (Wildman–Crippen MR) is 82.9 cm³/mol. The van der Waals surface area contributed by atoms with Gasteiger partial charge in [0.2, 0.25) is 10.0 Å². The molecule has 0 saturated heterocycles. The number of aliphatic hydroxyl groups excluding tert-OH is 1. The largest absolute Gasteiger partial charge is 0.397 e. The molecule has 0 aromatic heterocycles. The maximum absolute atomic E-state index is 11.7. The summed E-state index contributed by atoms with van der Waals surface area (Å²) in [5, 5.41) is 17.8. The molecule has 2 rings (SSSR count). The van der Waals surface area contributed by atoms with E-state index in [1.54, 1.807) is 24.3 Å². The number of rotatable bonds is 4. The number of nitrogens with two attached hydrogens (primary N) is 2. The standard InChI is InChI=1S/C13H14ClN3O3S/c14-9-1-3-10(4-2-9)17-13-11(15)5-8(7-18)6-12(13)21(16,19)20/h1-6,17-18H,7,15H2,(H2,16,19,20). The Balaban J connectivity index is 2.54. The van der Waals surface area contributed by atoms with Crippen molar-refractivity contribution < 1.29 is 13.5 Å². The zero-order chi connectivity index (χ0) is 15.6. The van der Waals surface area contributed by atoms with Crippen molar-refractivity contribution in [2.24, 2.45) is 5.14 Å². The average molecular weight is 328 g/mol. The van der Waals surface area contributed by atoms with Gasteiger partial charge in [-0.3, -0.25) is 0 Å². The first kappa shape index (κ1) is 15.6. The first-order chi connectivity index (χ1) is 9.81. The molecule has 0 aliphatic heterocycles. The minimum absolute atomic E-state index is 0.164. The molecule has 0 saturated carbocycles. The van der Waals surface area contributed by atoms with Crippen LogP contribution in [0.2, 0.25) is 5.02 Å². The number of hydrogen-bond acceptors (Lipinski definition) is 5. The molecule has 2 aromatic rings. The Labute approximate surface area is 127 Å². The fraction of sp³-hybridized carbons (Fsp3) is 0.0769. The zero-order valence-electron chi connectivity index (χ0n) is 10.9. The van der Waals surface area contributed by atoms with Crippen molar-refractivity contribution >= 4 is 38.7 Å². The maximum atomic E-state index is 11.7. The van der Waals surface area contributed by atoms with Gasteiger partial charge >= 0.3 is 0 Å². The number of sulfonamides is 1. The molecule has 0 amide bonds. The van der Waals surface area contributed by atoms with Crippen molar-refractivity contribution in [3.8, 4) is 0 Å². The van der Waals surface area contributed by atoms with Crippen LogP contribution in [-0.2, 0) is 16.6 Å². The van der Waals surface area contributed by atoms with Gasteiger partial charge in [-0.05, 0) is 42.0 Å². The Morgan fingerprint density at radius 2 is 1.81 bits per heavy atom. The highest BCUT2D eigenvalue weighted by Gasteiger charge is 2.18. The number of nitrogens with one attached hydrogen (secondary N) is 1. The van der Waals surface area contributed by atoms with E-state index in [9.17, 15) is 8.42 Å². The van der Waals surface area contributed by atoms with Gasteiger partial charge in [0.1, 0.15) is 4.90 Å². The van der Waals surface area contributed by atoms with E-state index in [1.807, 2.05) is 0 Å². The molecule has 0 bridgehead atoms. The van der Waals surface area contributed by atoms with E-state index in [-0.39, 0.29) is 22.9 Å². The Kier molecular flexibility index (Phi) is 4.38. The highest BCUT2D eigenvalue weighted by molar-refractivity contribution is 7.89. The van der Waals surface area contributed by atoms with Gasteiger partial charge < -0.3 is 16.2 Å². The lowest BCUT2D eigenvalue weighted by Crippen LogP contribution is -2.16. The third kappa shape index (κ3) is 3.64. The van der Waals surface area contributed by atoms with Crippen LogP contribution in [0.25, 0.3) is 0 Å². The minimum atomic E-state index is -4.00. The number of anilines is 3. The fourth-order valence-corrected chi connectivity index (χ4v) is 2.72. The number of nitrogen functional groups attached to an aromatic ring is 1. The summed E-state index contributed by atoms with van der Waals surface area (Å²) in [6.45, 7) is -0.339. The lowest BCUT2D eigenvalue weighted by molar-refractivity contribution is 0.281. The molecular formula is C13H14ClN3O3S. The topological polar surface area (TPSA) is 118 Å². The third-order valence-electron chi connectivity index (χ3n) is 2.80. The predicted octanol–water partition coefficient (Wildman–Crippen LogP) is 1.81. The first-order valence-electron chi connectivity index (χ1n) is 5.90. The SMILES string of the molecule is Nc1cc(CO)cc(S(N)(=O)=O)c1Nc1ccc(Cl)cc1. The summed E-state index contributed by atoms with van der Waals surface area (Å²) in [5.41, 5.74) is 7.15. The highest BCUT2D eigenvalue weighted by atomic mass is 35.5. The van der Waals surface area contributed by atoms with E-state index in [1.165, 1.54) is 12.1 Å². The summed E-state index contributed by atoms with van der Waals surface area (Å²) in [5.74, 6) is 0. The monoisotopic (exact) mass is 327 g/mol. The second-order valence-corrected chi connectivity index (χ2v) is 6.36. The maximum Gasteiger partial charge on any atom is 0.240 e. The van der Waals surface area contributed by atoms with Crippen molar-refractivity contribution in [1.29, 1.82) is 0 Å². The molecular weight excluding hydrogens is 314 g/mol. The van der Waals surface area contributed by atoms with Crippen molar-refractivity contribution in [1.82, 2.24) is 0 Å². The van der Waals surface area contributed by atoms with E-state index >= 15 is 0 Å². The van der Waals surface area contributed by atoms with Crippen LogP contribution in [0.3, 0.4) is 0 Å². The number of aliphatic hydroxyl groups is 1. The van der Waals surface area contributed by atoms with Gasteiger partial charge in [0.15, 0.2) is 0 Å². The van der Waals surface area contributed by atoms with Crippen molar-refractivity contribution in [3.05, 3.63) is 47.0 Å². The van der Waals surface area contributed by atoms with E-state index in [2.05, 4.69) is 5.32 Å². The summed E-state index contributed by atoms with van der Waals surface area (Å²) in [7, 11) is -4.00. The second-order valence-electron chi connectivity index (χ2n) is 4.39. The summed E-state index contributed by atoms with van der Waals surface area (Å²) >= 11 is 5.79. The lowest BCUT2D eigenvalue weighted by atomic mass is 10.1. The Morgan fingerprint density at radius 3 is 2.33 bits per heavy atom. The molecule has 21 heavy (non-hydrogen) atoms. The lowest BCUT2D eigenvalue weighted by Gasteiger charge is -2.15. The molecule has 8 heteroatoms. The number of hydrogen-bond donors (Lipinski definition) is 4. The van der Waals surface area contributed by atoms with Crippen LogP contribution < -0.4 is 16.2 Å². The quantitative estimate of drug-likeness (QED) is 0.638. The molecule has 0 fully saturated rings. The Bertz CT molecular complexity index is 761. The van der Waals surface area contributed by atoms with E-state index < -0.39 is 10.0 Å². The first-order valence-corrected chi connectivity index (χ1v) is 7.82. The van der Waals surface area contributed by atoms with E-state index in [4.69, 9.17) is 27.6 Å². The van der Waals surface area contributed by atoms with Gasteiger partial charge in [0, 0.05) is 10.7 Å². The Morgan fingerprint density at radius 1 is 1.19 bits per heavy atom. The molecule has 0 aliphatic rings. The molecule has 2 aromatic carbocycles. The number of halogens is 1. The molecule has 6 nitrogen and oxygen atoms in total. The Hall–Kier alpha value is -1.80. The van der Waals surface area contributed by atoms with Crippen molar-refractivity contribution in [2.75, 3.05) is 11.1 Å². The van der Waals surface area contributed by atoms with Crippen LogP contribution in [0.1, 0.15) is 5.56 Å². The zero-order valence-corrected chi connectivity index (χ0v) is 12.4. The molecule has 0 radical (unpaired) electrons. The third-order valence-corrected chi connectivity index (χ3v) is 3.98. The molecule has 0 atom stereocenters. The van der Waals surface area contributed by atoms with Crippen LogP contribution in [0.4, 0.5) is 17.1 Å². The van der Waals surface area contributed by atoms with Gasteiger partial charge in [-0.15, -0.1) is 0 Å². The van der Waals surface area contributed by atoms with Crippen LogP contribution in [0.15, 0.2) is 41.3 Å². The number of benzene rings is 2. The van der Waals surface area contributed by atoms with Crippen LogP contribution in [0.5, 0.6) is 0 Å². The molecule has 112 valence electrons. The van der Waals surface area contributed by atoms with Crippen LogP contribution >= 0.6 is 11.6 Å². The van der Waals surface area contributed by atoms with E-state index in [0.717, 1.165) is 0 Å². The molecule has 6 N–H and O–H groups in total. The van der Waals surface area contributed by atoms with Crippen LogP contribution in [-0.4, -0.2) is 13.5 Å². The minimum Gasteiger partial charge on any atom is -0.397 e. The average Bonchev–Trinajstić information content (AvgIpc) is 2.41. The summed E-state index contributed by atoms with van der Waals surface area (Å²) < 4.78 is 23.4. The normalized spacial score (nSPS) is 11.4. The van der Waals surface area contributed by atoms with E-state index in [0.29, 0.717) is 16.3 Å². The molecule has 0 spiro atoms. The highest BCUT2D eigenvalue weighted by Crippen LogP contribution is 2.32. The molecule has 0 unspecified atom stereocenters. The fourth-order valence-electron chi connectivity index (χ4n) is 1.82. The van der Waals surface area contributed by atoms with Gasteiger partial charge in [-0.1, -0.05) is 11.6 Å². The van der Waals surface area contributed by atoms with Crippen LogP contribution in [0, 0.1) is 0 Å². The van der Waals surface area contributed by atoms with Gasteiger partial charge in [-0.25, -0.2) is 13.6 Å². The summed E-state index contributed by atoms with van der Waals surface area (Å²) in [6.07, 6.45) is 0. The summed E-state index contributed by atoms with van der Waals surface area (Å²) in [6, 6.07) is 9.41. The number of primary sulfonamides is 1. The van der Waals surface area contributed by atoms with Crippen molar-refractivity contribution in [3.63, 3.8) is 0 Å². The van der Waals surface area contributed by atoms with Gasteiger partial charge in [0.25, 0.3) is 0 Å². The smallest absolute Gasteiger partial charge is 0.240 e. The molecule has 0 heterocycles. The summed E-state index contributed by atoms with van der Waals surface area (Å²) in [4.78, 5) is -0.179. The molecule has 0 aliphatic carbocycles. The van der Waals surface area contributed by atoms with Crippen molar-refractivity contribution in [2.45, 2.75) is 11.5 Å².